The van der Waals surface area contributed by atoms with Crippen LogP contribution in [0, 0.1) is 22.7 Å². The zero-order valence-corrected chi connectivity index (χ0v) is 12.4. The summed E-state index contributed by atoms with van der Waals surface area (Å²) in [5.74, 6) is 0.716. The summed E-state index contributed by atoms with van der Waals surface area (Å²) in [4.78, 5) is 22.7. The fourth-order valence-electron chi connectivity index (χ4n) is 6.02. The average molecular weight is 279 g/mol. The first-order valence-corrected chi connectivity index (χ1v) is 7.81. The number of carboxylic acids is 1. The first-order valence-electron chi connectivity index (χ1n) is 7.81. The maximum Gasteiger partial charge on any atom is 0.303 e. The van der Waals surface area contributed by atoms with Gasteiger partial charge in [0.25, 0.3) is 0 Å². The number of nitrogens with one attached hydrogen (secondary N) is 1. The van der Waals surface area contributed by atoms with Crippen LogP contribution in [-0.2, 0) is 9.59 Å². The van der Waals surface area contributed by atoms with Crippen molar-refractivity contribution in [2.45, 2.75) is 64.8 Å². The lowest BCUT2D eigenvalue weighted by Gasteiger charge is -2.63. The third-order valence-electron chi connectivity index (χ3n) is 6.09. The van der Waals surface area contributed by atoms with Crippen molar-refractivity contribution >= 4 is 11.9 Å². The molecule has 1 amide bonds. The number of carboxylic acid groups (broad SMARTS) is 1. The smallest absolute Gasteiger partial charge is 0.303 e. The Hall–Kier alpha value is -1.06. The van der Waals surface area contributed by atoms with Gasteiger partial charge < -0.3 is 10.4 Å². The monoisotopic (exact) mass is 279 g/mol. The Morgan fingerprint density at radius 2 is 1.85 bits per heavy atom. The van der Waals surface area contributed by atoms with Crippen LogP contribution in [0.15, 0.2) is 0 Å². The van der Waals surface area contributed by atoms with Crippen LogP contribution in [0.25, 0.3) is 0 Å². The maximum atomic E-state index is 11.4. The van der Waals surface area contributed by atoms with Crippen LogP contribution in [-0.4, -0.2) is 23.0 Å². The Labute approximate surface area is 120 Å². The van der Waals surface area contributed by atoms with E-state index in [1.807, 2.05) is 0 Å². The normalized spacial score (nSPS) is 43.3. The van der Waals surface area contributed by atoms with Gasteiger partial charge in [0.05, 0.1) is 6.42 Å². The number of carbonyl (C=O) groups is 2. The van der Waals surface area contributed by atoms with E-state index in [1.54, 1.807) is 6.92 Å². The van der Waals surface area contributed by atoms with Gasteiger partial charge in [-0.2, -0.15) is 0 Å². The number of hydrogen-bond donors (Lipinski definition) is 2. The summed E-state index contributed by atoms with van der Waals surface area (Å²) in [6.07, 6.45) is 7.10. The molecule has 0 saturated heterocycles. The highest BCUT2D eigenvalue weighted by molar-refractivity contribution is 5.73. The molecule has 0 heterocycles. The summed E-state index contributed by atoms with van der Waals surface area (Å²) in [7, 11) is 0. The fourth-order valence-corrected chi connectivity index (χ4v) is 6.02. The van der Waals surface area contributed by atoms with Crippen LogP contribution >= 0.6 is 0 Å². The van der Waals surface area contributed by atoms with E-state index in [2.05, 4.69) is 12.2 Å². The average Bonchev–Trinajstić information content (AvgIpc) is 2.23. The number of rotatable bonds is 4. The molecule has 0 aromatic rings. The Morgan fingerprint density at radius 1 is 1.25 bits per heavy atom. The third kappa shape index (κ3) is 2.23. The molecule has 0 unspecified atom stereocenters. The number of amides is 1. The molecule has 0 radical (unpaired) electrons. The summed E-state index contributed by atoms with van der Waals surface area (Å²) in [5.41, 5.74) is 0.147. The van der Waals surface area contributed by atoms with Gasteiger partial charge >= 0.3 is 5.97 Å². The zero-order chi connectivity index (χ0) is 14.5. The minimum Gasteiger partial charge on any atom is -0.481 e. The molecule has 112 valence electrons. The molecule has 0 aromatic carbocycles. The third-order valence-corrected chi connectivity index (χ3v) is 6.09. The van der Waals surface area contributed by atoms with Crippen molar-refractivity contribution < 1.29 is 14.7 Å². The molecule has 2 N–H and O–H groups in total. The van der Waals surface area contributed by atoms with Crippen LogP contribution in [0.2, 0.25) is 0 Å². The fraction of sp³-hybridized carbons (Fsp3) is 0.875. The SMILES string of the molecule is CC(=O)N[C@H](C)C12C[C@H]3C[C@@H](CC(CC(=O)O)(C3)C1)C2. The Bertz CT molecular complexity index is 431. The molecule has 4 fully saturated rings. The molecule has 0 spiro atoms. The largest absolute Gasteiger partial charge is 0.481 e. The van der Waals surface area contributed by atoms with E-state index in [0.29, 0.717) is 18.3 Å². The number of hydrogen-bond acceptors (Lipinski definition) is 2. The van der Waals surface area contributed by atoms with Crippen molar-refractivity contribution in [2.24, 2.45) is 22.7 Å². The van der Waals surface area contributed by atoms with E-state index >= 15 is 0 Å². The van der Waals surface area contributed by atoms with Crippen molar-refractivity contribution in [1.82, 2.24) is 5.32 Å². The van der Waals surface area contributed by atoms with Gasteiger partial charge in [-0.3, -0.25) is 9.59 Å². The van der Waals surface area contributed by atoms with Crippen molar-refractivity contribution in [3.8, 4) is 0 Å². The Morgan fingerprint density at radius 3 is 2.35 bits per heavy atom. The van der Waals surface area contributed by atoms with E-state index in [1.165, 1.54) is 19.3 Å². The van der Waals surface area contributed by atoms with Gasteiger partial charge in [0.1, 0.15) is 0 Å². The maximum absolute atomic E-state index is 11.4. The van der Waals surface area contributed by atoms with Crippen molar-refractivity contribution in [3.05, 3.63) is 0 Å². The molecule has 20 heavy (non-hydrogen) atoms. The summed E-state index contributed by atoms with van der Waals surface area (Å²) in [6.45, 7) is 3.69. The first kappa shape index (κ1) is 13.9. The zero-order valence-electron chi connectivity index (χ0n) is 12.4. The second kappa shape index (κ2) is 4.47. The van der Waals surface area contributed by atoms with E-state index in [9.17, 15) is 14.7 Å². The molecule has 4 heteroatoms. The minimum absolute atomic E-state index is 0.00262. The minimum atomic E-state index is -0.658. The predicted molar refractivity (Wildman–Crippen MR) is 75.1 cm³/mol. The molecule has 4 saturated carbocycles. The lowest BCUT2D eigenvalue weighted by molar-refractivity contribution is -0.157. The summed E-state index contributed by atoms with van der Waals surface area (Å²) in [5, 5.41) is 12.4. The second-order valence-corrected chi connectivity index (χ2v) is 7.82. The van der Waals surface area contributed by atoms with Gasteiger partial charge in [-0.1, -0.05) is 0 Å². The highest BCUT2D eigenvalue weighted by Crippen LogP contribution is 2.67. The first-order chi connectivity index (χ1) is 9.32. The van der Waals surface area contributed by atoms with E-state index < -0.39 is 5.97 Å². The summed E-state index contributed by atoms with van der Waals surface area (Å²) >= 11 is 0. The van der Waals surface area contributed by atoms with Gasteiger partial charge in [-0.15, -0.1) is 0 Å². The summed E-state index contributed by atoms with van der Waals surface area (Å²) in [6, 6.07) is 0.166. The molecule has 4 aliphatic carbocycles. The molecular weight excluding hydrogens is 254 g/mol. The molecule has 4 nitrogen and oxygen atoms in total. The van der Waals surface area contributed by atoms with Gasteiger partial charge in [-0.25, -0.2) is 0 Å². The van der Waals surface area contributed by atoms with Crippen LogP contribution < -0.4 is 5.32 Å². The van der Waals surface area contributed by atoms with Crippen LogP contribution in [0.4, 0.5) is 0 Å². The molecule has 0 aromatic heterocycles. The molecule has 0 aliphatic heterocycles. The van der Waals surface area contributed by atoms with Gasteiger partial charge in [-0.05, 0) is 68.1 Å². The predicted octanol–water partition coefficient (Wildman–Crippen LogP) is 2.57. The van der Waals surface area contributed by atoms with Gasteiger partial charge in [0.15, 0.2) is 0 Å². The highest BCUT2D eigenvalue weighted by atomic mass is 16.4. The van der Waals surface area contributed by atoms with Crippen LogP contribution in [0.5, 0.6) is 0 Å². The topological polar surface area (TPSA) is 66.4 Å². The van der Waals surface area contributed by atoms with Crippen molar-refractivity contribution in [3.63, 3.8) is 0 Å². The van der Waals surface area contributed by atoms with Gasteiger partial charge in [0.2, 0.25) is 5.91 Å². The molecule has 4 bridgehead atoms. The Balaban J connectivity index is 1.86. The number of carbonyl (C=O) groups excluding carboxylic acids is 1. The lowest BCUT2D eigenvalue weighted by Crippen LogP contribution is -2.59. The molecular formula is C16H25NO3. The summed E-state index contributed by atoms with van der Waals surface area (Å²) < 4.78 is 0. The Kier molecular flexibility index (Phi) is 3.11. The lowest BCUT2D eigenvalue weighted by atomic mass is 9.42. The molecule has 3 atom stereocenters. The van der Waals surface area contributed by atoms with Crippen molar-refractivity contribution in [2.75, 3.05) is 0 Å². The quantitative estimate of drug-likeness (QED) is 0.831. The van der Waals surface area contributed by atoms with Crippen LogP contribution in [0.1, 0.15) is 58.8 Å². The second-order valence-electron chi connectivity index (χ2n) is 7.82. The van der Waals surface area contributed by atoms with Crippen LogP contribution in [0.3, 0.4) is 0 Å². The van der Waals surface area contributed by atoms with Gasteiger partial charge in [0, 0.05) is 13.0 Å². The van der Waals surface area contributed by atoms with E-state index in [0.717, 1.165) is 19.3 Å². The standard InChI is InChI=1S/C16H25NO3/c1-10(17-11(2)18)16-6-12-3-13(7-16)5-15(4-12,9-16)8-14(19)20/h10,12-13H,3-9H2,1-2H3,(H,17,18)(H,19,20)/t10-,12+,13+,15?,16?/m1/s1. The highest BCUT2D eigenvalue weighted by Gasteiger charge is 2.59. The molecule has 4 aliphatic rings. The van der Waals surface area contributed by atoms with Crippen molar-refractivity contribution in [1.29, 1.82) is 0 Å². The number of aliphatic carboxylic acids is 1. The van der Waals surface area contributed by atoms with E-state index in [-0.39, 0.29) is 22.8 Å². The molecule has 4 rings (SSSR count). The van der Waals surface area contributed by atoms with E-state index in [4.69, 9.17) is 0 Å².